The van der Waals surface area contributed by atoms with E-state index in [0.717, 1.165) is 25.7 Å². The molecule has 3 nitrogen and oxygen atoms in total. The molecule has 1 aromatic carbocycles. The number of allylic oxidation sites excluding steroid dienone is 4. The lowest BCUT2D eigenvalue weighted by atomic mass is 9.82. The van der Waals surface area contributed by atoms with Gasteiger partial charge < -0.3 is 4.74 Å². The van der Waals surface area contributed by atoms with Crippen molar-refractivity contribution in [2.24, 2.45) is 11.8 Å². The van der Waals surface area contributed by atoms with E-state index in [2.05, 4.69) is 6.08 Å². The molecule has 0 heterocycles. The van der Waals surface area contributed by atoms with E-state index in [1.165, 1.54) is 30.3 Å². The minimum atomic E-state index is -0.349. The van der Waals surface area contributed by atoms with Gasteiger partial charge in [0.15, 0.2) is 0 Å². The third-order valence-electron chi connectivity index (χ3n) is 3.80. The number of ether oxygens (including phenoxy) is 1. The molecule has 0 aliphatic heterocycles. The molecule has 0 spiro atoms. The molecule has 2 rings (SSSR count). The van der Waals surface area contributed by atoms with Crippen LogP contribution in [0, 0.1) is 29.0 Å². The minimum absolute atomic E-state index is 0.0932. The first-order valence-corrected chi connectivity index (χ1v) is 7.39. The van der Waals surface area contributed by atoms with E-state index in [1.807, 2.05) is 12.1 Å². The summed E-state index contributed by atoms with van der Waals surface area (Å²) in [6.07, 6.45) is 10.5. The van der Waals surface area contributed by atoms with E-state index >= 15 is 0 Å². The van der Waals surface area contributed by atoms with E-state index in [0.29, 0.717) is 11.7 Å². The first-order chi connectivity index (χ1) is 10.7. The van der Waals surface area contributed by atoms with Crippen LogP contribution < -0.4 is 4.74 Å². The van der Waals surface area contributed by atoms with Crippen molar-refractivity contribution < 1.29 is 13.9 Å². The summed E-state index contributed by atoms with van der Waals surface area (Å²) >= 11 is 0. The molecular weight excluding hydrogens is 281 g/mol. The molecule has 0 unspecified atom stereocenters. The molecule has 22 heavy (non-hydrogen) atoms. The third kappa shape index (κ3) is 4.85. The molecule has 1 fully saturated rings. The van der Waals surface area contributed by atoms with E-state index in [-0.39, 0.29) is 17.7 Å². The quantitative estimate of drug-likeness (QED) is 0.363. The summed E-state index contributed by atoms with van der Waals surface area (Å²) in [5, 5.41) is 8.39. The Labute approximate surface area is 129 Å². The van der Waals surface area contributed by atoms with Crippen LogP contribution in [-0.4, -0.2) is 5.97 Å². The number of halogens is 1. The Kier molecular flexibility index (Phi) is 5.91. The zero-order chi connectivity index (χ0) is 15.8. The number of hydrogen-bond donors (Lipinski definition) is 0. The molecule has 0 radical (unpaired) electrons. The zero-order valence-corrected chi connectivity index (χ0v) is 12.2. The Bertz CT molecular complexity index is 591. The van der Waals surface area contributed by atoms with Crippen molar-refractivity contribution in [3.8, 4) is 11.8 Å². The fourth-order valence-corrected chi connectivity index (χ4v) is 2.57. The lowest BCUT2D eigenvalue weighted by Gasteiger charge is -2.25. The van der Waals surface area contributed by atoms with Gasteiger partial charge in [0.25, 0.3) is 0 Å². The summed E-state index contributed by atoms with van der Waals surface area (Å²) in [5.74, 6) is 0.147. The highest BCUT2D eigenvalue weighted by Gasteiger charge is 2.26. The van der Waals surface area contributed by atoms with Crippen LogP contribution in [0.25, 0.3) is 0 Å². The van der Waals surface area contributed by atoms with Crippen molar-refractivity contribution in [1.82, 2.24) is 0 Å². The maximum absolute atomic E-state index is 12.8. The Balaban J connectivity index is 1.80. The molecule has 0 atom stereocenters. The van der Waals surface area contributed by atoms with Gasteiger partial charge in [0.2, 0.25) is 0 Å². The van der Waals surface area contributed by atoms with Gasteiger partial charge >= 0.3 is 5.97 Å². The molecule has 1 saturated carbocycles. The molecule has 1 aliphatic carbocycles. The number of hydrogen-bond acceptors (Lipinski definition) is 3. The molecule has 4 heteroatoms. The largest absolute Gasteiger partial charge is 0.426 e. The van der Waals surface area contributed by atoms with Gasteiger partial charge in [-0.05, 0) is 55.9 Å². The van der Waals surface area contributed by atoms with Crippen LogP contribution in [0.3, 0.4) is 0 Å². The normalized spacial score (nSPS) is 21.8. The number of carbonyl (C=O) groups excluding carboxylic acids is 1. The van der Waals surface area contributed by atoms with Gasteiger partial charge in [0.05, 0.1) is 12.0 Å². The van der Waals surface area contributed by atoms with Crippen LogP contribution in [-0.2, 0) is 4.79 Å². The van der Waals surface area contributed by atoms with Crippen LogP contribution in [0.15, 0.2) is 48.6 Å². The molecule has 0 aromatic heterocycles. The number of rotatable bonds is 4. The maximum atomic E-state index is 12.8. The van der Waals surface area contributed by atoms with E-state index in [9.17, 15) is 9.18 Å². The van der Waals surface area contributed by atoms with Crippen LogP contribution in [0.2, 0.25) is 0 Å². The summed E-state index contributed by atoms with van der Waals surface area (Å²) < 4.78 is 18.1. The summed E-state index contributed by atoms with van der Waals surface area (Å²) in [6.45, 7) is 0. The Hall–Kier alpha value is -2.41. The zero-order valence-electron chi connectivity index (χ0n) is 12.2. The fraction of sp³-hybridized carbons (Fsp3) is 0.333. The van der Waals surface area contributed by atoms with Gasteiger partial charge in [-0.15, -0.1) is 0 Å². The summed E-state index contributed by atoms with van der Waals surface area (Å²) in [5.41, 5.74) is 0. The van der Waals surface area contributed by atoms with Crippen molar-refractivity contribution in [1.29, 1.82) is 5.26 Å². The van der Waals surface area contributed by atoms with Gasteiger partial charge in [0.1, 0.15) is 11.6 Å². The van der Waals surface area contributed by atoms with Crippen LogP contribution >= 0.6 is 0 Å². The lowest BCUT2D eigenvalue weighted by molar-refractivity contribution is -0.140. The summed E-state index contributed by atoms with van der Waals surface area (Å²) in [6, 6.07) is 7.41. The monoisotopic (exact) mass is 299 g/mol. The van der Waals surface area contributed by atoms with Gasteiger partial charge in [-0.2, -0.15) is 5.26 Å². The second-order valence-electron chi connectivity index (χ2n) is 5.36. The summed E-state index contributed by atoms with van der Waals surface area (Å²) in [4.78, 5) is 12.1. The smallest absolute Gasteiger partial charge is 0.314 e. The highest BCUT2D eigenvalue weighted by molar-refractivity contribution is 5.75. The van der Waals surface area contributed by atoms with Crippen molar-refractivity contribution in [3.05, 3.63) is 54.4 Å². The van der Waals surface area contributed by atoms with E-state index < -0.39 is 0 Å². The molecule has 0 bridgehead atoms. The predicted octanol–water partition coefficient (Wildman–Crippen LogP) is 4.17. The van der Waals surface area contributed by atoms with Crippen LogP contribution in [0.1, 0.15) is 25.7 Å². The predicted molar refractivity (Wildman–Crippen MR) is 81.4 cm³/mol. The number of esters is 1. The number of nitriles is 1. The highest BCUT2D eigenvalue weighted by Crippen LogP contribution is 2.30. The summed E-state index contributed by atoms with van der Waals surface area (Å²) in [7, 11) is 0. The molecular formula is C18H18FNO2. The van der Waals surface area contributed by atoms with E-state index in [1.54, 1.807) is 6.08 Å². The molecule has 1 aromatic rings. The minimum Gasteiger partial charge on any atom is -0.426 e. The lowest BCUT2D eigenvalue weighted by Crippen LogP contribution is -2.25. The van der Waals surface area contributed by atoms with Crippen LogP contribution in [0.4, 0.5) is 4.39 Å². The molecule has 0 saturated heterocycles. The number of nitrogens with zero attached hydrogens (tertiary/aromatic N) is 1. The first kappa shape index (κ1) is 16.0. The SMILES string of the molecule is N#CC=CC=CC1CCC(C(=O)Oc2ccc(F)cc2)CC1. The van der Waals surface area contributed by atoms with Gasteiger partial charge in [-0.1, -0.05) is 18.2 Å². The molecule has 1 aliphatic rings. The second kappa shape index (κ2) is 8.14. The Morgan fingerprint density at radius 1 is 1.18 bits per heavy atom. The topological polar surface area (TPSA) is 50.1 Å². The van der Waals surface area contributed by atoms with Crippen molar-refractivity contribution in [2.45, 2.75) is 25.7 Å². The average molecular weight is 299 g/mol. The van der Waals surface area contributed by atoms with Crippen molar-refractivity contribution >= 4 is 5.97 Å². The molecule has 114 valence electrons. The molecule has 0 amide bonds. The standard InChI is InChI=1S/C18H18FNO2/c19-16-9-11-17(12-10-16)22-18(21)15-7-5-14(6-8-15)4-2-1-3-13-20/h1-4,9-12,14-15H,5-8H2. The van der Waals surface area contributed by atoms with Gasteiger partial charge in [-0.3, -0.25) is 4.79 Å². The molecule has 0 N–H and O–H groups in total. The number of carbonyl (C=O) groups is 1. The Morgan fingerprint density at radius 2 is 1.86 bits per heavy atom. The first-order valence-electron chi connectivity index (χ1n) is 7.39. The van der Waals surface area contributed by atoms with Gasteiger partial charge in [-0.25, -0.2) is 4.39 Å². The fourth-order valence-electron chi connectivity index (χ4n) is 2.57. The average Bonchev–Trinajstić information content (AvgIpc) is 2.54. The van der Waals surface area contributed by atoms with Crippen molar-refractivity contribution in [2.75, 3.05) is 0 Å². The third-order valence-corrected chi connectivity index (χ3v) is 3.80. The number of benzene rings is 1. The van der Waals surface area contributed by atoms with Crippen LogP contribution in [0.5, 0.6) is 5.75 Å². The van der Waals surface area contributed by atoms with E-state index in [4.69, 9.17) is 10.00 Å². The second-order valence-corrected chi connectivity index (χ2v) is 5.36. The Morgan fingerprint density at radius 3 is 2.50 bits per heavy atom. The maximum Gasteiger partial charge on any atom is 0.314 e. The highest BCUT2D eigenvalue weighted by atomic mass is 19.1. The van der Waals surface area contributed by atoms with Crippen molar-refractivity contribution in [3.63, 3.8) is 0 Å². The van der Waals surface area contributed by atoms with Gasteiger partial charge in [0, 0.05) is 6.08 Å².